The van der Waals surface area contributed by atoms with Crippen LogP contribution in [0.4, 0.5) is 8.78 Å². The summed E-state index contributed by atoms with van der Waals surface area (Å²) in [6.45, 7) is 8.22. The highest BCUT2D eigenvalue weighted by atomic mass is 19.2. The van der Waals surface area contributed by atoms with Crippen molar-refractivity contribution in [3.63, 3.8) is 0 Å². The van der Waals surface area contributed by atoms with Gasteiger partial charge in [-0.3, -0.25) is 14.5 Å². The van der Waals surface area contributed by atoms with Gasteiger partial charge >= 0.3 is 0 Å². The molecule has 0 spiro atoms. The lowest BCUT2D eigenvalue weighted by Gasteiger charge is -2.25. The molecule has 33 heavy (non-hydrogen) atoms. The van der Waals surface area contributed by atoms with Crippen LogP contribution in [0, 0.1) is 11.6 Å². The van der Waals surface area contributed by atoms with Gasteiger partial charge in [0.2, 0.25) is 5.91 Å². The summed E-state index contributed by atoms with van der Waals surface area (Å²) >= 11 is 0. The Morgan fingerprint density at radius 2 is 1.79 bits per heavy atom. The van der Waals surface area contributed by atoms with Crippen LogP contribution in [0.15, 0.2) is 18.2 Å². The Morgan fingerprint density at radius 1 is 1.00 bits per heavy atom. The number of hydrogen-bond acceptors (Lipinski definition) is 4. The summed E-state index contributed by atoms with van der Waals surface area (Å²) in [6.07, 6.45) is 3.18. The second kappa shape index (κ2) is 9.99. The van der Waals surface area contributed by atoms with Crippen LogP contribution < -0.4 is 0 Å². The second-order valence-electron chi connectivity index (χ2n) is 8.63. The third kappa shape index (κ3) is 4.78. The molecule has 4 rings (SSSR count). The van der Waals surface area contributed by atoms with E-state index in [1.165, 1.54) is 6.07 Å². The fourth-order valence-electron chi connectivity index (χ4n) is 4.79. The molecule has 2 aliphatic rings. The van der Waals surface area contributed by atoms with Crippen LogP contribution in [0.25, 0.3) is 5.69 Å². The fraction of sp³-hybridized carbons (Fsp3) is 0.542. The Bertz CT molecular complexity index is 1030. The largest absolute Gasteiger partial charge is 0.342 e. The Balaban J connectivity index is 1.49. The van der Waals surface area contributed by atoms with Crippen molar-refractivity contribution in [3.05, 3.63) is 46.8 Å². The number of rotatable bonds is 6. The molecule has 0 atom stereocenters. The standard InChI is InChI=1S/C24H31F2N5O2/c1-3-29(4-2)22(32)16-28-11-6-12-30(14-13-28)24(33)23-18-7-5-8-21(18)31(27-23)17-9-10-19(25)20(26)15-17/h9-10,15H,3-8,11-14,16H2,1-2H3. The summed E-state index contributed by atoms with van der Waals surface area (Å²) in [5.74, 6) is -1.86. The average Bonchev–Trinajstić information content (AvgIpc) is 3.33. The Hall–Kier alpha value is -2.81. The highest BCUT2D eigenvalue weighted by Crippen LogP contribution is 2.29. The summed E-state index contributed by atoms with van der Waals surface area (Å²) in [7, 11) is 0. The fourth-order valence-corrected chi connectivity index (χ4v) is 4.79. The average molecular weight is 460 g/mol. The Morgan fingerprint density at radius 3 is 2.52 bits per heavy atom. The van der Waals surface area contributed by atoms with E-state index in [1.54, 1.807) is 9.58 Å². The quantitative estimate of drug-likeness (QED) is 0.667. The van der Waals surface area contributed by atoms with Gasteiger partial charge in [-0.2, -0.15) is 5.10 Å². The molecule has 0 saturated carbocycles. The summed E-state index contributed by atoms with van der Waals surface area (Å²) in [5.41, 5.74) is 2.62. The van der Waals surface area contributed by atoms with E-state index in [9.17, 15) is 18.4 Å². The van der Waals surface area contributed by atoms with E-state index in [-0.39, 0.29) is 11.8 Å². The molecule has 1 fully saturated rings. The van der Waals surface area contributed by atoms with Crippen LogP contribution in [0.5, 0.6) is 0 Å². The molecule has 0 radical (unpaired) electrons. The second-order valence-corrected chi connectivity index (χ2v) is 8.63. The molecule has 1 aliphatic carbocycles. The molecule has 2 aromatic rings. The van der Waals surface area contributed by atoms with E-state index < -0.39 is 11.6 Å². The maximum Gasteiger partial charge on any atom is 0.274 e. The first-order valence-electron chi connectivity index (χ1n) is 11.8. The molecule has 1 aromatic heterocycles. The number of likely N-dealkylation sites (N-methyl/N-ethyl adjacent to an activating group) is 1. The van der Waals surface area contributed by atoms with E-state index >= 15 is 0 Å². The maximum atomic E-state index is 13.8. The van der Waals surface area contributed by atoms with Crippen LogP contribution in [0.3, 0.4) is 0 Å². The van der Waals surface area contributed by atoms with Crippen LogP contribution in [0.1, 0.15) is 48.4 Å². The van der Waals surface area contributed by atoms with E-state index in [1.807, 2.05) is 18.7 Å². The number of fused-ring (bicyclic) bond motifs is 1. The molecule has 1 aliphatic heterocycles. The van der Waals surface area contributed by atoms with Gasteiger partial charge in [-0.1, -0.05) is 0 Å². The highest BCUT2D eigenvalue weighted by Gasteiger charge is 2.31. The molecule has 7 nitrogen and oxygen atoms in total. The van der Waals surface area contributed by atoms with Crippen molar-refractivity contribution >= 4 is 11.8 Å². The lowest BCUT2D eigenvalue weighted by atomic mass is 10.2. The summed E-state index contributed by atoms with van der Waals surface area (Å²) in [4.78, 5) is 31.6. The normalized spacial score (nSPS) is 16.5. The zero-order valence-corrected chi connectivity index (χ0v) is 19.3. The lowest BCUT2D eigenvalue weighted by molar-refractivity contribution is -0.132. The number of benzene rings is 1. The maximum absolute atomic E-state index is 13.8. The van der Waals surface area contributed by atoms with Crippen molar-refractivity contribution in [1.29, 1.82) is 0 Å². The van der Waals surface area contributed by atoms with E-state index in [0.29, 0.717) is 50.6 Å². The molecule has 2 heterocycles. The SMILES string of the molecule is CCN(CC)C(=O)CN1CCCN(C(=O)c2nn(-c3ccc(F)c(F)c3)c3c2CCC3)CC1. The molecule has 0 bridgehead atoms. The number of carbonyl (C=O) groups excluding carboxylic acids is 2. The van der Waals surface area contributed by atoms with Crippen LogP contribution in [-0.2, 0) is 17.6 Å². The lowest BCUT2D eigenvalue weighted by Crippen LogP contribution is -2.42. The number of aromatic nitrogens is 2. The number of hydrogen-bond donors (Lipinski definition) is 0. The first-order valence-corrected chi connectivity index (χ1v) is 11.8. The molecule has 1 aromatic carbocycles. The minimum atomic E-state index is -0.936. The van der Waals surface area contributed by atoms with Gasteiger partial charge in [0.1, 0.15) is 0 Å². The zero-order chi connectivity index (χ0) is 23.5. The zero-order valence-electron chi connectivity index (χ0n) is 19.3. The third-order valence-corrected chi connectivity index (χ3v) is 6.63. The minimum Gasteiger partial charge on any atom is -0.342 e. The topological polar surface area (TPSA) is 61.7 Å². The summed E-state index contributed by atoms with van der Waals surface area (Å²) in [5, 5.41) is 4.55. The van der Waals surface area contributed by atoms with E-state index in [4.69, 9.17) is 0 Å². The predicted molar refractivity (Wildman–Crippen MR) is 120 cm³/mol. The van der Waals surface area contributed by atoms with Crippen LogP contribution in [-0.4, -0.2) is 82.1 Å². The number of amides is 2. The Kier molecular flexibility index (Phi) is 7.07. The van der Waals surface area contributed by atoms with Gasteiger partial charge in [0, 0.05) is 56.6 Å². The highest BCUT2D eigenvalue weighted by molar-refractivity contribution is 5.94. The van der Waals surface area contributed by atoms with E-state index in [0.717, 1.165) is 55.6 Å². The van der Waals surface area contributed by atoms with Crippen molar-refractivity contribution in [3.8, 4) is 5.69 Å². The predicted octanol–water partition coefficient (Wildman–Crippen LogP) is 2.66. The molecule has 0 N–H and O–H groups in total. The van der Waals surface area contributed by atoms with Crippen LogP contribution >= 0.6 is 0 Å². The summed E-state index contributed by atoms with van der Waals surface area (Å²) in [6, 6.07) is 3.68. The molecule has 2 amide bonds. The molecule has 9 heteroatoms. The van der Waals surface area contributed by atoms with Gasteiger partial charge in [-0.05, 0) is 51.7 Å². The van der Waals surface area contributed by atoms with E-state index in [2.05, 4.69) is 10.00 Å². The van der Waals surface area contributed by atoms with Gasteiger partial charge in [0.15, 0.2) is 17.3 Å². The molecular formula is C24H31F2N5O2. The van der Waals surface area contributed by atoms with Crippen LogP contribution in [0.2, 0.25) is 0 Å². The first-order chi connectivity index (χ1) is 15.9. The number of halogens is 2. The first kappa shape index (κ1) is 23.4. The smallest absolute Gasteiger partial charge is 0.274 e. The summed E-state index contributed by atoms with van der Waals surface area (Å²) < 4.78 is 28.8. The molecular weight excluding hydrogens is 428 g/mol. The monoisotopic (exact) mass is 459 g/mol. The Labute approximate surface area is 192 Å². The van der Waals surface area contributed by atoms with Crippen molar-refractivity contribution in [1.82, 2.24) is 24.5 Å². The van der Waals surface area contributed by atoms with Crippen molar-refractivity contribution in [2.45, 2.75) is 39.5 Å². The van der Waals surface area contributed by atoms with Crippen molar-refractivity contribution < 1.29 is 18.4 Å². The third-order valence-electron chi connectivity index (χ3n) is 6.63. The van der Waals surface area contributed by atoms with Gasteiger partial charge in [0.25, 0.3) is 5.91 Å². The number of carbonyl (C=O) groups is 2. The number of nitrogens with zero attached hydrogens (tertiary/aromatic N) is 5. The van der Waals surface area contributed by atoms with Gasteiger partial charge in [0.05, 0.1) is 12.2 Å². The van der Waals surface area contributed by atoms with Gasteiger partial charge in [-0.25, -0.2) is 13.5 Å². The minimum absolute atomic E-state index is 0.114. The molecule has 1 saturated heterocycles. The van der Waals surface area contributed by atoms with Crippen molar-refractivity contribution in [2.75, 3.05) is 45.8 Å². The van der Waals surface area contributed by atoms with Crippen molar-refractivity contribution in [2.24, 2.45) is 0 Å². The van der Waals surface area contributed by atoms with Gasteiger partial charge < -0.3 is 9.80 Å². The molecule has 0 unspecified atom stereocenters. The van der Waals surface area contributed by atoms with Gasteiger partial charge in [-0.15, -0.1) is 0 Å². The molecule has 178 valence electrons.